The highest BCUT2D eigenvalue weighted by Crippen LogP contribution is 2.31. The highest BCUT2D eigenvalue weighted by atomic mass is 32.2. The molecule has 0 spiro atoms. The van der Waals surface area contributed by atoms with Gasteiger partial charge in [0.05, 0.1) is 17.1 Å². The fraction of sp³-hybridized carbons (Fsp3) is 0.208. The van der Waals surface area contributed by atoms with Crippen molar-refractivity contribution >= 4 is 15.7 Å². The van der Waals surface area contributed by atoms with Gasteiger partial charge in [-0.2, -0.15) is 13.2 Å². The van der Waals surface area contributed by atoms with Gasteiger partial charge in [0.25, 0.3) is 5.91 Å². The lowest BCUT2D eigenvalue weighted by Crippen LogP contribution is -2.26. The number of nitrogens with one attached hydrogen (secondary N) is 1. The molecular formula is C24H22F3NO3S. The Bertz CT molecular complexity index is 1160. The van der Waals surface area contributed by atoms with E-state index < -0.39 is 27.5 Å². The third-order valence-corrected chi connectivity index (χ3v) is 6.53. The number of hydrogen-bond donors (Lipinski definition) is 1. The lowest BCUT2D eigenvalue weighted by Gasteiger charge is -2.12. The molecular weight excluding hydrogens is 439 g/mol. The van der Waals surface area contributed by atoms with E-state index >= 15 is 0 Å². The minimum atomic E-state index is -4.43. The van der Waals surface area contributed by atoms with Gasteiger partial charge < -0.3 is 5.32 Å². The largest absolute Gasteiger partial charge is 0.416 e. The molecule has 0 saturated heterocycles. The summed E-state index contributed by atoms with van der Waals surface area (Å²) in [4.78, 5) is 12.6. The molecule has 168 valence electrons. The summed E-state index contributed by atoms with van der Waals surface area (Å²) in [6, 6.07) is 20.0. The van der Waals surface area contributed by atoms with E-state index in [1.807, 2.05) is 6.07 Å². The SMILES string of the molecule is O=C(NCCCS(=O)(=O)Cc1ccccc1)c1ccccc1-c1ccc(C(F)(F)F)cc1. The van der Waals surface area contributed by atoms with Crippen molar-refractivity contribution in [3.05, 3.63) is 95.6 Å². The number of carbonyl (C=O) groups is 1. The Morgan fingerprint density at radius 3 is 2.12 bits per heavy atom. The van der Waals surface area contributed by atoms with Crippen LogP contribution < -0.4 is 5.32 Å². The second kappa shape index (κ2) is 9.99. The average molecular weight is 462 g/mol. The standard InChI is InChI=1S/C24H22F3NO3S/c25-24(26,27)20-13-11-19(12-14-20)21-9-4-5-10-22(21)23(29)28-15-6-16-32(30,31)17-18-7-2-1-3-8-18/h1-5,7-14H,6,15-17H2,(H,28,29). The Morgan fingerprint density at radius 2 is 1.47 bits per heavy atom. The van der Waals surface area contributed by atoms with Crippen molar-refractivity contribution in [1.82, 2.24) is 5.32 Å². The summed E-state index contributed by atoms with van der Waals surface area (Å²) in [6.07, 6.45) is -4.18. The van der Waals surface area contributed by atoms with Gasteiger partial charge in [0, 0.05) is 12.1 Å². The lowest BCUT2D eigenvalue weighted by molar-refractivity contribution is -0.137. The normalized spacial score (nSPS) is 11.8. The van der Waals surface area contributed by atoms with Gasteiger partial charge in [-0.15, -0.1) is 0 Å². The second-order valence-electron chi connectivity index (χ2n) is 7.31. The molecule has 0 aliphatic carbocycles. The first-order chi connectivity index (χ1) is 15.2. The van der Waals surface area contributed by atoms with Crippen LogP contribution in [-0.4, -0.2) is 26.6 Å². The molecule has 8 heteroatoms. The predicted molar refractivity (Wildman–Crippen MR) is 118 cm³/mol. The number of carbonyl (C=O) groups excluding carboxylic acids is 1. The summed E-state index contributed by atoms with van der Waals surface area (Å²) in [7, 11) is -3.31. The van der Waals surface area contributed by atoms with E-state index in [1.165, 1.54) is 12.1 Å². The van der Waals surface area contributed by atoms with Crippen LogP contribution in [-0.2, 0) is 21.8 Å². The monoisotopic (exact) mass is 461 g/mol. The number of sulfone groups is 1. The van der Waals surface area contributed by atoms with Gasteiger partial charge in [0.15, 0.2) is 9.84 Å². The molecule has 0 aromatic heterocycles. The maximum absolute atomic E-state index is 12.8. The number of alkyl halides is 3. The zero-order valence-corrected chi connectivity index (χ0v) is 17.9. The second-order valence-corrected chi connectivity index (χ2v) is 9.49. The van der Waals surface area contributed by atoms with Crippen LogP contribution in [0.1, 0.15) is 27.9 Å². The first-order valence-corrected chi connectivity index (χ1v) is 11.8. The van der Waals surface area contributed by atoms with E-state index in [4.69, 9.17) is 0 Å². The van der Waals surface area contributed by atoms with E-state index in [0.717, 1.165) is 12.1 Å². The number of halogens is 3. The molecule has 0 heterocycles. The van der Waals surface area contributed by atoms with Gasteiger partial charge in [-0.1, -0.05) is 60.7 Å². The smallest absolute Gasteiger partial charge is 0.352 e. The molecule has 0 atom stereocenters. The first-order valence-electron chi connectivity index (χ1n) is 9.95. The number of benzene rings is 3. The summed E-state index contributed by atoms with van der Waals surface area (Å²) >= 11 is 0. The van der Waals surface area contributed by atoms with Crippen LogP contribution in [0.15, 0.2) is 78.9 Å². The van der Waals surface area contributed by atoms with Crippen molar-refractivity contribution in [3.63, 3.8) is 0 Å². The number of rotatable bonds is 8. The lowest BCUT2D eigenvalue weighted by atomic mass is 9.98. The van der Waals surface area contributed by atoms with Crippen LogP contribution in [0, 0.1) is 0 Å². The maximum atomic E-state index is 12.8. The van der Waals surface area contributed by atoms with Crippen molar-refractivity contribution in [2.75, 3.05) is 12.3 Å². The van der Waals surface area contributed by atoms with E-state index in [-0.39, 0.29) is 24.5 Å². The van der Waals surface area contributed by atoms with E-state index in [2.05, 4.69) is 5.32 Å². The molecule has 1 N–H and O–H groups in total. The van der Waals surface area contributed by atoms with Gasteiger partial charge in [0.1, 0.15) is 0 Å². The topological polar surface area (TPSA) is 63.2 Å². The molecule has 4 nitrogen and oxygen atoms in total. The highest BCUT2D eigenvalue weighted by molar-refractivity contribution is 7.90. The van der Waals surface area contributed by atoms with Gasteiger partial charge in [0.2, 0.25) is 0 Å². The third kappa shape index (κ3) is 6.43. The van der Waals surface area contributed by atoms with Gasteiger partial charge in [-0.25, -0.2) is 8.42 Å². The van der Waals surface area contributed by atoms with E-state index in [1.54, 1.807) is 48.5 Å². The van der Waals surface area contributed by atoms with Crippen LogP contribution in [0.3, 0.4) is 0 Å². The molecule has 1 amide bonds. The van der Waals surface area contributed by atoms with Crippen molar-refractivity contribution < 1.29 is 26.4 Å². The average Bonchev–Trinajstić information content (AvgIpc) is 2.76. The molecule has 3 aromatic rings. The summed E-state index contributed by atoms with van der Waals surface area (Å²) < 4.78 is 62.9. The summed E-state index contributed by atoms with van der Waals surface area (Å²) in [5, 5.41) is 2.70. The van der Waals surface area contributed by atoms with Gasteiger partial charge in [-0.3, -0.25) is 4.79 Å². The molecule has 3 rings (SSSR count). The Kier molecular flexibility index (Phi) is 7.35. The quantitative estimate of drug-likeness (QED) is 0.475. The zero-order valence-electron chi connectivity index (χ0n) is 17.1. The minimum absolute atomic E-state index is 0.0570. The van der Waals surface area contributed by atoms with Crippen LogP contribution >= 0.6 is 0 Å². The Balaban J connectivity index is 1.60. The maximum Gasteiger partial charge on any atom is 0.416 e. The Morgan fingerprint density at radius 1 is 0.844 bits per heavy atom. The highest BCUT2D eigenvalue weighted by Gasteiger charge is 2.30. The van der Waals surface area contributed by atoms with Crippen LogP contribution in [0.25, 0.3) is 11.1 Å². The summed E-state index contributed by atoms with van der Waals surface area (Å²) in [5.74, 6) is -0.540. The van der Waals surface area contributed by atoms with Crippen molar-refractivity contribution in [1.29, 1.82) is 0 Å². The number of hydrogen-bond acceptors (Lipinski definition) is 3. The van der Waals surface area contributed by atoms with E-state index in [0.29, 0.717) is 22.3 Å². The minimum Gasteiger partial charge on any atom is -0.352 e. The molecule has 0 unspecified atom stereocenters. The molecule has 32 heavy (non-hydrogen) atoms. The molecule has 0 aliphatic rings. The first kappa shape index (κ1) is 23.5. The molecule has 0 aliphatic heterocycles. The molecule has 0 bridgehead atoms. The Labute approximate surface area is 185 Å². The Hall–Kier alpha value is -3.13. The third-order valence-electron chi connectivity index (χ3n) is 4.84. The fourth-order valence-electron chi connectivity index (χ4n) is 3.26. The molecule has 0 saturated carbocycles. The van der Waals surface area contributed by atoms with E-state index in [9.17, 15) is 26.4 Å². The van der Waals surface area contributed by atoms with Crippen LogP contribution in [0.5, 0.6) is 0 Å². The summed E-state index contributed by atoms with van der Waals surface area (Å²) in [6.45, 7) is 0.161. The van der Waals surface area contributed by atoms with Crippen molar-refractivity contribution in [2.45, 2.75) is 18.3 Å². The predicted octanol–water partition coefficient (Wildman–Crippen LogP) is 5.11. The number of amides is 1. The van der Waals surface area contributed by atoms with Crippen molar-refractivity contribution in [2.24, 2.45) is 0 Å². The zero-order chi connectivity index (χ0) is 23.2. The van der Waals surface area contributed by atoms with Crippen LogP contribution in [0.2, 0.25) is 0 Å². The molecule has 0 fully saturated rings. The van der Waals surface area contributed by atoms with Gasteiger partial charge >= 0.3 is 6.18 Å². The molecule has 0 radical (unpaired) electrons. The fourth-order valence-corrected chi connectivity index (χ4v) is 4.69. The summed E-state index contributed by atoms with van der Waals surface area (Å²) in [5.41, 5.74) is 1.23. The van der Waals surface area contributed by atoms with Crippen molar-refractivity contribution in [3.8, 4) is 11.1 Å². The van der Waals surface area contributed by atoms with Crippen LogP contribution in [0.4, 0.5) is 13.2 Å². The molecule has 3 aromatic carbocycles. The van der Waals surface area contributed by atoms with Gasteiger partial charge in [-0.05, 0) is 41.3 Å².